The number of nitro groups is 1. The Morgan fingerprint density at radius 3 is 2.57 bits per heavy atom. The SMILES string of the molecule is COc1cccc(/C=c2/sc3n(c2=O)[C@H](c2cccc([N+](=O)[O-])c2)C(C(=O)OC(C)C)=C(C)N=3)c1OCc1ccc(Cl)cc1. The van der Waals surface area contributed by atoms with E-state index in [-0.39, 0.29) is 17.9 Å². The Hall–Kier alpha value is -4.74. The van der Waals surface area contributed by atoms with Gasteiger partial charge in [0.25, 0.3) is 11.2 Å². The molecule has 5 rings (SSSR count). The molecule has 226 valence electrons. The van der Waals surface area contributed by atoms with Crippen LogP contribution in [0.5, 0.6) is 11.5 Å². The lowest BCUT2D eigenvalue weighted by molar-refractivity contribution is -0.384. The van der Waals surface area contributed by atoms with Gasteiger partial charge in [-0.2, -0.15) is 0 Å². The number of nitro benzene ring substituents is 1. The quantitative estimate of drug-likeness (QED) is 0.139. The Morgan fingerprint density at radius 2 is 1.89 bits per heavy atom. The summed E-state index contributed by atoms with van der Waals surface area (Å²) in [4.78, 5) is 43.4. The summed E-state index contributed by atoms with van der Waals surface area (Å²) < 4.78 is 18.9. The summed E-state index contributed by atoms with van der Waals surface area (Å²) in [6, 6.07) is 17.5. The zero-order chi connectivity index (χ0) is 31.5. The molecule has 1 atom stereocenters. The van der Waals surface area contributed by atoms with Crippen LogP contribution in [0.25, 0.3) is 6.08 Å². The normalized spacial score (nSPS) is 14.7. The van der Waals surface area contributed by atoms with E-state index in [0.717, 1.165) is 16.9 Å². The highest BCUT2D eigenvalue weighted by Crippen LogP contribution is 2.34. The molecule has 0 amide bonds. The van der Waals surface area contributed by atoms with Gasteiger partial charge < -0.3 is 14.2 Å². The molecule has 0 aliphatic carbocycles. The van der Waals surface area contributed by atoms with E-state index in [2.05, 4.69) is 4.99 Å². The van der Waals surface area contributed by atoms with Gasteiger partial charge in [0.05, 0.1) is 40.0 Å². The van der Waals surface area contributed by atoms with E-state index < -0.39 is 28.6 Å². The molecule has 0 bridgehead atoms. The van der Waals surface area contributed by atoms with Gasteiger partial charge in [-0.3, -0.25) is 19.5 Å². The summed E-state index contributed by atoms with van der Waals surface area (Å²) in [5, 5.41) is 12.2. The maximum Gasteiger partial charge on any atom is 0.338 e. The number of aromatic nitrogens is 1. The molecule has 0 spiro atoms. The lowest BCUT2D eigenvalue weighted by Crippen LogP contribution is -2.40. The van der Waals surface area contributed by atoms with Crippen molar-refractivity contribution in [1.82, 2.24) is 4.57 Å². The maximum atomic E-state index is 14.1. The highest BCUT2D eigenvalue weighted by Gasteiger charge is 2.34. The second-order valence-electron chi connectivity index (χ2n) is 10.2. The number of halogens is 1. The van der Waals surface area contributed by atoms with Crippen LogP contribution in [0.1, 0.15) is 43.5 Å². The summed E-state index contributed by atoms with van der Waals surface area (Å²) in [6.45, 7) is 5.31. The number of para-hydroxylation sites is 1. The van der Waals surface area contributed by atoms with Gasteiger partial charge in [-0.05, 0) is 56.2 Å². The minimum atomic E-state index is -0.995. The molecule has 4 aromatic rings. The van der Waals surface area contributed by atoms with Crippen molar-refractivity contribution in [3.05, 3.63) is 130 Å². The van der Waals surface area contributed by atoms with Gasteiger partial charge >= 0.3 is 5.97 Å². The van der Waals surface area contributed by atoms with Crippen LogP contribution in [-0.2, 0) is 16.1 Å². The second-order valence-corrected chi connectivity index (χ2v) is 11.6. The third-order valence-electron chi connectivity index (χ3n) is 6.79. The predicted molar refractivity (Wildman–Crippen MR) is 167 cm³/mol. The highest BCUT2D eigenvalue weighted by molar-refractivity contribution is 7.07. The Bertz CT molecular complexity index is 1960. The highest BCUT2D eigenvalue weighted by atomic mass is 35.5. The number of fused-ring (bicyclic) bond motifs is 1. The van der Waals surface area contributed by atoms with Crippen molar-refractivity contribution < 1.29 is 23.9 Å². The summed E-state index contributed by atoms with van der Waals surface area (Å²) in [6.07, 6.45) is 1.25. The monoisotopic (exact) mass is 633 g/mol. The molecule has 44 heavy (non-hydrogen) atoms. The minimum absolute atomic E-state index is 0.131. The Morgan fingerprint density at radius 1 is 1.16 bits per heavy atom. The van der Waals surface area contributed by atoms with Crippen LogP contribution in [0, 0.1) is 10.1 Å². The van der Waals surface area contributed by atoms with Gasteiger partial charge in [0, 0.05) is 22.7 Å². The summed E-state index contributed by atoms with van der Waals surface area (Å²) in [7, 11) is 1.53. The molecule has 0 fully saturated rings. The summed E-state index contributed by atoms with van der Waals surface area (Å²) >= 11 is 7.15. The minimum Gasteiger partial charge on any atom is -0.493 e. The third-order valence-corrected chi connectivity index (χ3v) is 8.03. The Kier molecular flexibility index (Phi) is 8.98. The van der Waals surface area contributed by atoms with Crippen LogP contribution in [0.15, 0.2) is 87.8 Å². The van der Waals surface area contributed by atoms with Crippen molar-refractivity contribution in [3.63, 3.8) is 0 Å². The molecule has 12 heteroatoms. The first-order valence-electron chi connectivity index (χ1n) is 13.6. The van der Waals surface area contributed by atoms with Crippen LogP contribution in [-0.4, -0.2) is 28.7 Å². The number of thiazole rings is 1. The number of ether oxygens (including phenoxy) is 3. The van der Waals surface area contributed by atoms with E-state index in [9.17, 15) is 19.7 Å². The zero-order valence-electron chi connectivity index (χ0n) is 24.3. The van der Waals surface area contributed by atoms with Crippen LogP contribution in [0.3, 0.4) is 0 Å². The van der Waals surface area contributed by atoms with Gasteiger partial charge in [-0.15, -0.1) is 0 Å². The van der Waals surface area contributed by atoms with E-state index in [1.807, 2.05) is 12.1 Å². The number of carbonyl (C=O) groups excluding carboxylic acids is 1. The van der Waals surface area contributed by atoms with Gasteiger partial charge in [-0.25, -0.2) is 9.79 Å². The average molecular weight is 634 g/mol. The van der Waals surface area contributed by atoms with Crippen molar-refractivity contribution in [2.75, 3.05) is 7.11 Å². The molecule has 2 heterocycles. The number of hydrogen-bond acceptors (Lipinski definition) is 9. The largest absolute Gasteiger partial charge is 0.493 e. The van der Waals surface area contributed by atoms with Crippen LogP contribution in [0.2, 0.25) is 5.02 Å². The Balaban J connectivity index is 1.65. The molecule has 1 aliphatic heterocycles. The molecular weight excluding hydrogens is 606 g/mol. The molecule has 10 nitrogen and oxygen atoms in total. The molecule has 1 aromatic heterocycles. The number of nitrogens with zero attached hydrogens (tertiary/aromatic N) is 3. The van der Waals surface area contributed by atoms with Crippen molar-refractivity contribution in [3.8, 4) is 11.5 Å². The number of methoxy groups -OCH3 is 1. The summed E-state index contributed by atoms with van der Waals surface area (Å²) in [5.41, 5.74) is 1.74. The third kappa shape index (κ3) is 6.29. The molecule has 0 saturated heterocycles. The second kappa shape index (κ2) is 12.9. The zero-order valence-corrected chi connectivity index (χ0v) is 25.8. The van der Waals surface area contributed by atoms with Crippen LogP contribution in [0.4, 0.5) is 5.69 Å². The number of esters is 1. The van der Waals surface area contributed by atoms with Crippen molar-refractivity contribution in [1.29, 1.82) is 0 Å². The number of benzene rings is 3. The van der Waals surface area contributed by atoms with Gasteiger partial charge in [0.1, 0.15) is 6.61 Å². The fourth-order valence-electron chi connectivity index (χ4n) is 4.82. The smallest absolute Gasteiger partial charge is 0.338 e. The van der Waals surface area contributed by atoms with Crippen molar-refractivity contribution >= 4 is 40.7 Å². The molecule has 0 unspecified atom stereocenters. The number of hydrogen-bond donors (Lipinski definition) is 0. The van der Waals surface area contributed by atoms with E-state index in [1.54, 1.807) is 63.2 Å². The fraction of sp³-hybridized carbons (Fsp3) is 0.219. The standard InChI is InChI=1S/C32H28ClN3O7S/c1-18(2)43-31(38)27-19(3)34-32-35(28(27)21-7-5-9-24(15-21)36(39)40)30(37)26(44-32)16-22-8-6-10-25(41-4)29(22)42-17-20-11-13-23(33)14-12-20/h5-16,18,28H,17H2,1-4H3/b26-16+/t28-/m1/s1. The topological polar surface area (TPSA) is 122 Å². The maximum absolute atomic E-state index is 14.1. The number of carbonyl (C=O) groups is 1. The first kappa shape index (κ1) is 30.7. The van der Waals surface area contributed by atoms with Crippen molar-refractivity contribution in [2.24, 2.45) is 4.99 Å². The first-order chi connectivity index (χ1) is 21.1. The lowest BCUT2D eigenvalue weighted by Gasteiger charge is -2.25. The first-order valence-corrected chi connectivity index (χ1v) is 14.8. The van der Waals surface area contributed by atoms with E-state index in [4.69, 9.17) is 25.8 Å². The van der Waals surface area contributed by atoms with Crippen molar-refractivity contribution in [2.45, 2.75) is 39.5 Å². The number of non-ortho nitro benzene ring substituents is 1. The molecule has 0 N–H and O–H groups in total. The molecule has 3 aromatic carbocycles. The summed E-state index contributed by atoms with van der Waals surface area (Å²) in [5.74, 6) is 0.255. The van der Waals surface area contributed by atoms with Crippen LogP contribution >= 0.6 is 22.9 Å². The molecule has 1 aliphatic rings. The Labute approximate surface area is 261 Å². The van der Waals surface area contributed by atoms with Crippen LogP contribution < -0.4 is 24.4 Å². The fourth-order valence-corrected chi connectivity index (χ4v) is 5.99. The predicted octanol–water partition coefficient (Wildman–Crippen LogP) is 5.34. The van der Waals surface area contributed by atoms with E-state index in [1.165, 1.54) is 29.9 Å². The van der Waals surface area contributed by atoms with Gasteiger partial charge in [0.15, 0.2) is 16.3 Å². The molecule has 0 radical (unpaired) electrons. The van der Waals surface area contributed by atoms with Gasteiger partial charge in [-0.1, -0.05) is 59.3 Å². The lowest BCUT2D eigenvalue weighted by atomic mass is 9.95. The van der Waals surface area contributed by atoms with E-state index >= 15 is 0 Å². The number of allylic oxidation sites excluding steroid dienone is 1. The van der Waals surface area contributed by atoms with Gasteiger partial charge in [0.2, 0.25) is 0 Å². The van der Waals surface area contributed by atoms with E-state index in [0.29, 0.717) is 42.7 Å². The number of rotatable bonds is 9. The molecular formula is C32H28ClN3O7S. The average Bonchev–Trinajstić information content (AvgIpc) is 3.29. The molecule has 0 saturated carbocycles.